The van der Waals surface area contributed by atoms with E-state index in [0.717, 1.165) is 37.8 Å². The Morgan fingerprint density at radius 2 is 1.88 bits per heavy atom. The number of nitrogens with one attached hydrogen (secondary N) is 1. The molecule has 2 saturated heterocycles. The van der Waals surface area contributed by atoms with Gasteiger partial charge < -0.3 is 20.7 Å². The van der Waals surface area contributed by atoms with Gasteiger partial charge >= 0.3 is 0 Å². The zero-order valence-electron chi connectivity index (χ0n) is 16.0. The Morgan fingerprint density at radius 1 is 1.12 bits per heavy atom. The molecule has 2 aliphatic heterocycles. The molecule has 5 rings (SSSR count). The minimum absolute atomic E-state index is 0.457. The largest absolute Gasteiger partial charge is 0.381 e. The Morgan fingerprint density at radius 3 is 2.58 bits per heavy atom. The maximum Gasteiger partial charge on any atom is 0.128 e. The normalized spacial score (nSPS) is 35.4. The molecule has 1 aromatic rings. The van der Waals surface area contributed by atoms with Crippen LogP contribution in [0.3, 0.4) is 0 Å². The van der Waals surface area contributed by atoms with Gasteiger partial charge in [0.25, 0.3) is 0 Å². The van der Waals surface area contributed by atoms with Crippen molar-refractivity contribution < 1.29 is 4.74 Å². The number of nitrogens with zero attached hydrogens (tertiary/aromatic N) is 2. The molecule has 2 aliphatic carbocycles. The lowest BCUT2D eigenvalue weighted by atomic mass is 9.52. The second-order valence-electron chi connectivity index (χ2n) is 9.50. The van der Waals surface area contributed by atoms with Crippen LogP contribution in [0.4, 0.5) is 11.5 Å². The van der Waals surface area contributed by atoms with E-state index in [-0.39, 0.29) is 0 Å². The fraction of sp³-hybridized carbons (Fsp3) is 0.762. The van der Waals surface area contributed by atoms with Crippen molar-refractivity contribution in [2.45, 2.75) is 64.0 Å². The first-order chi connectivity index (χ1) is 12.5. The molecular formula is C21H32N4O. The van der Waals surface area contributed by atoms with Gasteiger partial charge in [0.05, 0.1) is 11.4 Å². The van der Waals surface area contributed by atoms with Crippen LogP contribution in [0.5, 0.6) is 0 Å². The van der Waals surface area contributed by atoms with Crippen molar-refractivity contribution in [3.05, 3.63) is 17.8 Å². The number of aromatic nitrogens is 1. The quantitative estimate of drug-likeness (QED) is 0.871. The molecule has 0 radical (unpaired) electrons. The Bertz CT molecular complexity index is 671. The van der Waals surface area contributed by atoms with Gasteiger partial charge in [-0.1, -0.05) is 0 Å². The first-order valence-corrected chi connectivity index (χ1v) is 10.4. The van der Waals surface area contributed by atoms with Crippen LogP contribution in [-0.4, -0.2) is 43.4 Å². The molecule has 26 heavy (non-hydrogen) atoms. The summed E-state index contributed by atoms with van der Waals surface area (Å²) in [5.41, 5.74) is 9.35. The lowest BCUT2D eigenvalue weighted by Crippen LogP contribution is -2.57. The van der Waals surface area contributed by atoms with E-state index in [9.17, 15) is 0 Å². The zero-order valence-corrected chi connectivity index (χ0v) is 16.0. The maximum absolute atomic E-state index is 5.97. The zero-order chi connectivity index (χ0) is 17.8. The molecule has 3 heterocycles. The van der Waals surface area contributed by atoms with Crippen LogP contribution in [0.1, 0.15) is 50.6 Å². The standard InChI is InChI=1S/C21H32N4O/c1-15-18(24-17-12-21(13-17)10-16(22)11-21)2-3-19(23-15)25-7-4-20(14-25)5-8-26-9-6-20/h2-3,16-17,24H,4-14,22H2,1H3. The maximum atomic E-state index is 5.97. The lowest BCUT2D eigenvalue weighted by molar-refractivity contribution is 0.00118. The van der Waals surface area contributed by atoms with Crippen molar-refractivity contribution in [3.63, 3.8) is 0 Å². The Kier molecular flexibility index (Phi) is 3.94. The molecule has 142 valence electrons. The summed E-state index contributed by atoms with van der Waals surface area (Å²) in [6, 6.07) is 5.51. The van der Waals surface area contributed by atoms with Crippen molar-refractivity contribution in [2.75, 3.05) is 36.5 Å². The van der Waals surface area contributed by atoms with E-state index in [1.807, 2.05) is 0 Å². The number of nitrogens with two attached hydrogens (primary N) is 1. The highest BCUT2D eigenvalue weighted by molar-refractivity contribution is 5.55. The highest BCUT2D eigenvalue weighted by Crippen LogP contribution is 2.56. The molecule has 5 heteroatoms. The molecule has 4 fully saturated rings. The van der Waals surface area contributed by atoms with Gasteiger partial charge in [-0.2, -0.15) is 0 Å². The van der Waals surface area contributed by atoms with E-state index >= 15 is 0 Å². The third-order valence-corrected chi connectivity index (χ3v) is 7.50. The number of pyridine rings is 1. The summed E-state index contributed by atoms with van der Waals surface area (Å²) in [6.45, 7) is 6.26. The molecule has 2 saturated carbocycles. The molecule has 4 aliphatic rings. The van der Waals surface area contributed by atoms with Gasteiger partial charge in [0.1, 0.15) is 5.82 Å². The van der Waals surface area contributed by atoms with Crippen molar-refractivity contribution >= 4 is 11.5 Å². The Labute approximate surface area is 156 Å². The predicted octanol–water partition coefficient (Wildman–Crippen LogP) is 3.08. The summed E-state index contributed by atoms with van der Waals surface area (Å²) in [4.78, 5) is 7.42. The van der Waals surface area contributed by atoms with Crippen molar-refractivity contribution in [2.24, 2.45) is 16.6 Å². The third-order valence-electron chi connectivity index (χ3n) is 7.50. The van der Waals surface area contributed by atoms with Gasteiger partial charge in [-0.05, 0) is 74.8 Å². The molecule has 1 aromatic heterocycles. The number of anilines is 2. The Hall–Kier alpha value is -1.33. The van der Waals surface area contributed by atoms with Crippen LogP contribution in [0.25, 0.3) is 0 Å². The third kappa shape index (κ3) is 2.89. The highest BCUT2D eigenvalue weighted by Gasteiger charge is 2.51. The number of hydrogen-bond donors (Lipinski definition) is 2. The molecule has 5 nitrogen and oxygen atoms in total. The average Bonchev–Trinajstić information content (AvgIpc) is 2.97. The van der Waals surface area contributed by atoms with Gasteiger partial charge in [0.15, 0.2) is 0 Å². The van der Waals surface area contributed by atoms with Crippen LogP contribution < -0.4 is 16.0 Å². The van der Waals surface area contributed by atoms with Gasteiger partial charge in [0.2, 0.25) is 0 Å². The van der Waals surface area contributed by atoms with Crippen LogP contribution in [0.2, 0.25) is 0 Å². The van der Waals surface area contributed by atoms with E-state index in [1.54, 1.807) is 0 Å². The summed E-state index contributed by atoms with van der Waals surface area (Å²) in [6.07, 6.45) is 8.69. The second-order valence-corrected chi connectivity index (χ2v) is 9.50. The summed E-state index contributed by atoms with van der Waals surface area (Å²) in [5.74, 6) is 1.14. The smallest absolute Gasteiger partial charge is 0.128 e. The van der Waals surface area contributed by atoms with Gasteiger partial charge in [-0.25, -0.2) is 4.98 Å². The van der Waals surface area contributed by atoms with Crippen LogP contribution in [0.15, 0.2) is 12.1 Å². The van der Waals surface area contributed by atoms with Gasteiger partial charge in [-0.15, -0.1) is 0 Å². The molecular weight excluding hydrogens is 324 g/mol. The van der Waals surface area contributed by atoms with Crippen LogP contribution in [0, 0.1) is 17.8 Å². The summed E-state index contributed by atoms with van der Waals surface area (Å²) >= 11 is 0. The lowest BCUT2D eigenvalue weighted by Gasteiger charge is -2.57. The summed E-state index contributed by atoms with van der Waals surface area (Å²) < 4.78 is 5.57. The first-order valence-electron chi connectivity index (χ1n) is 10.4. The topological polar surface area (TPSA) is 63.4 Å². The predicted molar refractivity (Wildman–Crippen MR) is 105 cm³/mol. The minimum atomic E-state index is 0.457. The van der Waals surface area contributed by atoms with Crippen molar-refractivity contribution in [1.29, 1.82) is 0 Å². The van der Waals surface area contributed by atoms with E-state index in [1.165, 1.54) is 50.6 Å². The Balaban J connectivity index is 1.20. The van der Waals surface area contributed by atoms with E-state index in [2.05, 4.69) is 29.3 Å². The molecule has 3 N–H and O–H groups in total. The van der Waals surface area contributed by atoms with Crippen molar-refractivity contribution in [3.8, 4) is 0 Å². The van der Waals surface area contributed by atoms with Crippen LogP contribution in [-0.2, 0) is 4.74 Å². The van der Waals surface area contributed by atoms with Gasteiger partial charge in [0, 0.05) is 38.4 Å². The van der Waals surface area contributed by atoms with E-state index in [0.29, 0.717) is 22.9 Å². The number of aryl methyl sites for hydroxylation is 1. The molecule has 0 amide bonds. The number of rotatable bonds is 3. The highest BCUT2D eigenvalue weighted by atomic mass is 16.5. The van der Waals surface area contributed by atoms with E-state index < -0.39 is 0 Å². The number of ether oxygens (including phenoxy) is 1. The summed E-state index contributed by atoms with van der Waals surface area (Å²) in [7, 11) is 0. The second kappa shape index (κ2) is 6.10. The fourth-order valence-electron chi connectivity index (χ4n) is 5.91. The summed E-state index contributed by atoms with van der Waals surface area (Å²) in [5, 5.41) is 3.72. The first kappa shape index (κ1) is 16.8. The SMILES string of the molecule is Cc1nc(N2CCC3(CCOCC3)C2)ccc1NC1CC2(CC(N)C2)C1. The minimum Gasteiger partial charge on any atom is -0.381 e. The fourth-order valence-corrected chi connectivity index (χ4v) is 5.91. The monoisotopic (exact) mass is 356 g/mol. The van der Waals surface area contributed by atoms with Crippen LogP contribution >= 0.6 is 0 Å². The molecule has 0 bridgehead atoms. The van der Waals surface area contributed by atoms with Gasteiger partial charge in [-0.3, -0.25) is 0 Å². The van der Waals surface area contributed by atoms with Crippen molar-refractivity contribution in [1.82, 2.24) is 4.98 Å². The molecule has 2 spiro atoms. The average molecular weight is 357 g/mol. The van der Waals surface area contributed by atoms with E-state index in [4.69, 9.17) is 15.5 Å². The molecule has 0 atom stereocenters. The molecule has 0 unspecified atom stereocenters. The molecule has 0 aromatic carbocycles. The number of hydrogen-bond acceptors (Lipinski definition) is 5.